The molecule has 37 heavy (non-hydrogen) atoms. The number of hydrogen-bond donors (Lipinski definition) is 3. The minimum absolute atomic E-state index is 0. The predicted molar refractivity (Wildman–Crippen MR) is 147 cm³/mol. The van der Waals surface area contributed by atoms with Crippen LogP contribution in [0.1, 0.15) is 96.0 Å². The molecule has 2 rings (SSSR count). The van der Waals surface area contributed by atoms with Crippen LogP contribution in [0.2, 0.25) is 0 Å². The van der Waals surface area contributed by atoms with E-state index in [9.17, 15) is 15.0 Å². The Morgan fingerprint density at radius 2 is 1.51 bits per heavy atom. The number of carboxylic acids is 1. The second-order valence-corrected chi connectivity index (χ2v) is 11.2. The maximum absolute atomic E-state index is 10.7. The van der Waals surface area contributed by atoms with E-state index in [2.05, 4.69) is 71.9 Å². The van der Waals surface area contributed by atoms with E-state index in [1.165, 1.54) is 22.3 Å². The molecule has 2 atom stereocenters. The van der Waals surface area contributed by atoms with E-state index in [1.54, 1.807) is 0 Å². The summed E-state index contributed by atoms with van der Waals surface area (Å²) in [5, 5.41) is 29.3. The number of ether oxygens (including phenoxy) is 1. The van der Waals surface area contributed by atoms with Crippen molar-refractivity contribution in [2.24, 2.45) is 5.41 Å². The summed E-state index contributed by atoms with van der Waals surface area (Å²) >= 11 is 0. The molecule has 0 amide bonds. The first-order valence-corrected chi connectivity index (χ1v) is 13.3. The molecule has 6 heteroatoms. The van der Waals surface area contributed by atoms with Crippen LogP contribution in [0.3, 0.4) is 0 Å². The molecule has 0 fully saturated rings. The number of rotatable bonds is 13. The summed E-state index contributed by atoms with van der Waals surface area (Å²) < 4.78 is 5.81. The van der Waals surface area contributed by atoms with Crippen LogP contribution >= 0.6 is 0 Å². The van der Waals surface area contributed by atoms with E-state index in [-0.39, 0.29) is 67.4 Å². The minimum atomic E-state index is -0.921. The van der Waals surface area contributed by atoms with Crippen molar-refractivity contribution < 1.29 is 55.8 Å². The van der Waals surface area contributed by atoms with Gasteiger partial charge in [0.25, 0.3) is 0 Å². The Labute approximate surface area is 247 Å². The van der Waals surface area contributed by atoms with E-state index < -0.39 is 12.1 Å². The number of hydrogen-bond acceptors (Lipinski definition) is 4. The molecule has 0 bridgehead atoms. The Hall–Kier alpha value is -1.37. The molecular weight excluding hydrogens is 475 g/mol. The maximum Gasteiger partial charge on any atom is 1.00 e. The first kappa shape index (κ1) is 33.7. The summed E-state index contributed by atoms with van der Waals surface area (Å²) in [7, 11) is 0. The number of carbonyl (C=O) groups is 1. The third-order valence-corrected chi connectivity index (χ3v) is 7.64. The van der Waals surface area contributed by atoms with Gasteiger partial charge in [-0.25, -0.2) is 0 Å². The molecule has 2 aromatic rings. The van der Waals surface area contributed by atoms with Crippen LogP contribution in [0.5, 0.6) is 5.75 Å². The zero-order valence-electron chi connectivity index (χ0n) is 25.2. The molecule has 0 aromatic heterocycles. The molecule has 0 aliphatic carbocycles. The summed E-state index contributed by atoms with van der Waals surface area (Å²) in [6.07, 6.45) is 2.48. The van der Waals surface area contributed by atoms with Crippen LogP contribution < -0.4 is 34.3 Å². The molecule has 5 nitrogen and oxygen atoms in total. The van der Waals surface area contributed by atoms with Crippen molar-refractivity contribution in [2.45, 2.75) is 105 Å². The van der Waals surface area contributed by atoms with E-state index in [0.29, 0.717) is 5.75 Å². The van der Waals surface area contributed by atoms with Crippen LogP contribution in [0.4, 0.5) is 0 Å². The maximum atomic E-state index is 10.7. The molecule has 0 spiro atoms. The van der Waals surface area contributed by atoms with Crippen LogP contribution in [0.25, 0.3) is 0 Å². The van der Waals surface area contributed by atoms with Gasteiger partial charge in [0.1, 0.15) is 12.4 Å². The summed E-state index contributed by atoms with van der Waals surface area (Å²) in [4.78, 5) is 10.7. The summed E-state index contributed by atoms with van der Waals surface area (Å²) in [5.74, 6) is -0.214. The summed E-state index contributed by atoms with van der Waals surface area (Å²) in [6.45, 7) is 14.9. The van der Waals surface area contributed by atoms with Gasteiger partial charge >= 0.3 is 35.5 Å². The van der Waals surface area contributed by atoms with Crippen molar-refractivity contribution in [1.29, 1.82) is 0 Å². The summed E-state index contributed by atoms with van der Waals surface area (Å²) in [5.41, 5.74) is 5.82. The quantitative estimate of drug-likeness (QED) is 0.351. The molecule has 0 saturated carbocycles. The van der Waals surface area contributed by atoms with Crippen molar-refractivity contribution in [3.63, 3.8) is 0 Å². The second-order valence-electron chi connectivity index (χ2n) is 11.2. The summed E-state index contributed by atoms with van der Waals surface area (Å²) in [6, 6.07) is 13.0. The Morgan fingerprint density at radius 1 is 0.946 bits per heavy atom. The number of carboxylic acid groups (broad SMARTS) is 1. The smallest absolute Gasteiger partial charge is 1.00 e. The molecule has 202 valence electrons. The van der Waals surface area contributed by atoms with Gasteiger partial charge < -0.3 is 21.5 Å². The third kappa shape index (κ3) is 9.11. The normalized spacial score (nSPS) is 13.5. The molecular formula is C31H47NaO5. The fourth-order valence-corrected chi connectivity index (χ4v) is 4.90. The van der Waals surface area contributed by atoms with E-state index >= 15 is 0 Å². The number of aliphatic hydroxyl groups is 2. The molecule has 2 unspecified atom stereocenters. The monoisotopic (exact) mass is 522 g/mol. The van der Waals surface area contributed by atoms with Crippen molar-refractivity contribution in [3.8, 4) is 5.75 Å². The van der Waals surface area contributed by atoms with Crippen molar-refractivity contribution >= 4 is 5.97 Å². The van der Waals surface area contributed by atoms with Gasteiger partial charge in [0.15, 0.2) is 0 Å². The van der Waals surface area contributed by atoms with Gasteiger partial charge in [-0.15, -0.1) is 0 Å². The van der Waals surface area contributed by atoms with Crippen LogP contribution in [-0.4, -0.2) is 40.1 Å². The van der Waals surface area contributed by atoms with E-state index in [1.807, 2.05) is 13.0 Å². The average molecular weight is 523 g/mol. The van der Waals surface area contributed by atoms with Gasteiger partial charge in [-0.05, 0) is 85.3 Å². The largest absolute Gasteiger partial charge is 1.00 e. The van der Waals surface area contributed by atoms with Gasteiger partial charge in [-0.2, -0.15) is 0 Å². The average Bonchev–Trinajstić information content (AvgIpc) is 2.82. The Bertz CT molecular complexity index is 1010. The van der Waals surface area contributed by atoms with Gasteiger partial charge in [-0.3, -0.25) is 4.79 Å². The zero-order chi connectivity index (χ0) is 27.1. The van der Waals surface area contributed by atoms with E-state index in [4.69, 9.17) is 9.84 Å². The Kier molecular flexibility index (Phi) is 13.4. The van der Waals surface area contributed by atoms with E-state index in [0.717, 1.165) is 31.2 Å². The van der Waals surface area contributed by atoms with Gasteiger partial charge in [0.05, 0.1) is 12.2 Å². The SMILES string of the molecule is CCC(CC)(c1ccc(CCC(O)C(C)(C)C)c(C)c1)c1ccc(OCC(O)CCC(=O)O)c(C)c1.[H-].[Na+]. The fourth-order valence-electron chi connectivity index (χ4n) is 4.90. The number of aliphatic carboxylic acids is 1. The van der Waals surface area contributed by atoms with Gasteiger partial charge in [-0.1, -0.05) is 65.0 Å². The standard InChI is InChI=1S/C31H46O5.Na.H/c1-8-31(9-2,24-12-10-23(21(3)18-24)11-16-28(33)30(5,6)7)25-13-15-27(22(4)19-25)36-20-26(32)14-17-29(34)35;;/h10,12-13,15,18-19,26,28,32-33H,8-9,11,14,16-17,20H2,1-7H3,(H,34,35);;/q;+1;-1. The van der Waals surface area contributed by atoms with Gasteiger partial charge in [0, 0.05) is 11.8 Å². The van der Waals surface area contributed by atoms with Crippen molar-refractivity contribution in [1.82, 2.24) is 0 Å². The molecule has 0 aliphatic rings. The number of aliphatic hydroxyl groups excluding tert-OH is 2. The van der Waals surface area contributed by atoms with Crippen LogP contribution in [0.15, 0.2) is 36.4 Å². The second kappa shape index (κ2) is 14.7. The molecule has 0 radical (unpaired) electrons. The molecule has 3 N–H and O–H groups in total. The predicted octanol–water partition coefficient (Wildman–Crippen LogP) is 3.47. The molecule has 0 aliphatic heterocycles. The van der Waals surface area contributed by atoms with Crippen molar-refractivity contribution in [3.05, 3.63) is 64.2 Å². The van der Waals surface area contributed by atoms with Crippen molar-refractivity contribution in [2.75, 3.05) is 6.61 Å². The van der Waals surface area contributed by atoms with Crippen LogP contribution in [-0.2, 0) is 16.6 Å². The first-order valence-electron chi connectivity index (χ1n) is 13.3. The third-order valence-electron chi connectivity index (χ3n) is 7.64. The van der Waals surface area contributed by atoms with Gasteiger partial charge in [0.2, 0.25) is 0 Å². The van der Waals surface area contributed by atoms with Crippen LogP contribution in [0, 0.1) is 19.3 Å². The Morgan fingerprint density at radius 3 is 2.00 bits per heavy atom. The zero-order valence-corrected chi connectivity index (χ0v) is 26.2. The fraction of sp³-hybridized carbons (Fsp3) is 0.581. The molecule has 2 aromatic carbocycles. The Balaban J connectivity index is 0.00000684. The number of aryl methyl sites for hydroxylation is 3. The molecule has 0 saturated heterocycles. The minimum Gasteiger partial charge on any atom is -1.00 e. The number of benzene rings is 2. The molecule has 0 heterocycles. The topological polar surface area (TPSA) is 87.0 Å². The first-order chi connectivity index (χ1) is 16.8.